The molecule has 0 bridgehead atoms. The highest BCUT2D eigenvalue weighted by Crippen LogP contribution is 2.14. The van der Waals surface area contributed by atoms with Gasteiger partial charge in [0, 0.05) is 0 Å². The number of carboxylic acid groups (broad SMARTS) is 2. The van der Waals surface area contributed by atoms with Crippen LogP contribution in [0.1, 0.15) is 13.8 Å². The second kappa shape index (κ2) is 4.06. The van der Waals surface area contributed by atoms with Crippen molar-refractivity contribution in [2.24, 2.45) is 17.6 Å². The molecule has 0 unspecified atom stereocenters. The van der Waals surface area contributed by atoms with Crippen molar-refractivity contribution in [1.29, 1.82) is 0 Å². The summed E-state index contributed by atoms with van der Waals surface area (Å²) in [6.07, 6.45) is 0. The van der Waals surface area contributed by atoms with Crippen LogP contribution in [-0.4, -0.2) is 28.2 Å². The Balaban J connectivity index is 4.28. The summed E-state index contributed by atoms with van der Waals surface area (Å²) >= 11 is 0. The van der Waals surface area contributed by atoms with Gasteiger partial charge in [0.15, 0.2) is 0 Å². The molecule has 0 aliphatic carbocycles. The van der Waals surface area contributed by atoms with Crippen molar-refractivity contribution in [3.05, 3.63) is 0 Å². The Kier molecular flexibility index (Phi) is 3.69. The minimum atomic E-state index is -1.17. The molecule has 0 amide bonds. The van der Waals surface area contributed by atoms with E-state index in [1.807, 2.05) is 0 Å². The van der Waals surface area contributed by atoms with Gasteiger partial charge in [-0.2, -0.15) is 0 Å². The van der Waals surface area contributed by atoms with E-state index in [4.69, 9.17) is 15.9 Å². The van der Waals surface area contributed by atoms with Crippen LogP contribution in [0.15, 0.2) is 0 Å². The zero-order valence-electron chi connectivity index (χ0n) is 7.02. The standard InChI is InChI=1S/C7H13NO4/c1-3(4(2)6(9)10)5(8)7(11)12/h3-5H,8H2,1-2H3,(H,9,10)(H,11,12)/t3-,4+,5+/m1/s1. The fraction of sp³-hybridized carbons (Fsp3) is 0.714. The number of rotatable bonds is 4. The molecule has 0 saturated heterocycles. The lowest BCUT2D eigenvalue weighted by Crippen LogP contribution is -2.41. The highest BCUT2D eigenvalue weighted by molar-refractivity contribution is 5.76. The normalized spacial score (nSPS) is 17.9. The largest absolute Gasteiger partial charge is 0.481 e. The number of carboxylic acids is 2. The van der Waals surface area contributed by atoms with E-state index in [2.05, 4.69) is 0 Å². The molecular weight excluding hydrogens is 162 g/mol. The second-order valence-electron chi connectivity index (χ2n) is 2.85. The maximum Gasteiger partial charge on any atom is 0.320 e. The molecule has 3 atom stereocenters. The predicted octanol–water partition coefficient (Wildman–Crippen LogP) is -0.245. The predicted molar refractivity (Wildman–Crippen MR) is 41.6 cm³/mol. The van der Waals surface area contributed by atoms with Crippen LogP contribution in [0, 0.1) is 11.8 Å². The quantitative estimate of drug-likeness (QED) is 0.547. The molecule has 70 valence electrons. The molecule has 5 nitrogen and oxygen atoms in total. The lowest BCUT2D eigenvalue weighted by molar-refractivity contribution is -0.145. The molecule has 0 saturated carbocycles. The number of hydrogen-bond acceptors (Lipinski definition) is 3. The zero-order chi connectivity index (χ0) is 9.89. The molecule has 0 aliphatic heterocycles. The first-order valence-corrected chi connectivity index (χ1v) is 3.59. The molecule has 0 aromatic carbocycles. The van der Waals surface area contributed by atoms with Crippen molar-refractivity contribution in [3.8, 4) is 0 Å². The molecule has 4 N–H and O–H groups in total. The molecule has 0 radical (unpaired) electrons. The van der Waals surface area contributed by atoms with Gasteiger partial charge in [-0.25, -0.2) is 0 Å². The summed E-state index contributed by atoms with van der Waals surface area (Å²) in [4.78, 5) is 20.8. The third-order valence-corrected chi connectivity index (χ3v) is 2.03. The fourth-order valence-electron chi connectivity index (χ4n) is 0.761. The molecule has 0 fully saturated rings. The Morgan fingerprint density at radius 1 is 1.17 bits per heavy atom. The van der Waals surface area contributed by atoms with Crippen molar-refractivity contribution < 1.29 is 19.8 Å². The maximum absolute atomic E-state index is 10.4. The number of hydrogen-bond donors (Lipinski definition) is 3. The van der Waals surface area contributed by atoms with Gasteiger partial charge >= 0.3 is 11.9 Å². The van der Waals surface area contributed by atoms with Crippen LogP contribution in [0.2, 0.25) is 0 Å². The lowest BCUT2D eigenvalue weighted by atomic mass is 9.89. The first-order valence-electron chi connectivity index (χ1n) is 3.59. The zero-order valence-corrected chi connectivity index (χ0v) is 7.02. The van der Waals surface area contributed by atoms with Crippen LogP contribution in [0.25, 0.3) is 0 Å². The van der Waals surface area contributed by atoms with E-state index in [-0.39, 0.29) is 0 Å². The van der Waals surface area contributed by atoms with Gasteiger partial charge in [-0.3, -0.25) is 9.59 Å². The summed E-state index contributed by atoms with van der Waals surface area (Å²) in [6.45, 7) is 2.95. The van der Waals surface area contributed by atoms with E-state index < -0.39 is 29.8 Å². The van der Waals surface area contributed by atoms with Crippen LogP contribution in [0.3, 0.4) is 0 Å². The highest BCUT2D eigenvalue weighted by Gasteiger charge is 2.28. The van der Waals surface area contributed by atoms with E-state index in [9.17, 15) is 9.59 Å². The van der Waals surface area contributed by atoms with E-state index >= 15 is 0 Å². The van der Waals surface area contributed by atoms with Gasteiger partial charge in [-0.05, 0) is 5.92 Å². The highest BCUT2D eigenvalue weighted by atomic mass is 16.4. The number of nitrogens with two attached hydrogens (primary N) is 1. The van der Waals surface area contributed by atoms with E-state index in [0.29, 0.717) is 0 Å². The number of aliphatic carboxylic acids is 2. The van der Waals surface area contributed by atoms with Crippen LogP contribution in [-0.2, 0) is 9.59 Å². The first kappa shape index (κ1) is 10.9. The monoisotopic (exact) mass is 175 g/mol. The van der Waals surface area contributed by atoms with Crippen molar-refractivity contribution >= 4 is 11.9 Å². The van der Waals surface area contributed by atoms with Crippen molar-refractivity contribution in [3.63, 3.8) is 0 Å². The summed E-state index contributed by atoms with van der Waals surface area (Å²) in [6, 6.07) is -1.11. The number of carbonyl (C=O) groups is 2. The van der Waals surface area contributed by atoms with Crippen LogP contribution < -0.4 is 5.73 Å². The summed E-state index contributed by atoms with van der Waals surface area (Å²) in [5.74, 6) is -3.51. The minimum Gasteiger partial charge on any atom is -0.481 e. The molecule has 0 aliphatic rings. The summed E-state index contributed by atoms with van der Waals surface area (Å²) in [7, 11) is 0. The minimum absolute atomic E-state index is 0.569. The smallest absolute Gasteiger partial charge is 0.320 e. The van der Waals surface area contributed by atoms with Crippen LogP contribution >= 0.6 is 0 Å². The molecular formula is C7H13NO4. The first-order chi connectivity index (χ1) is 5.37. The van der Waals surface area contributed by atoms with Gasteiger partial charge in [-0.15, -0.1) is 0 Å². The Morgan fingerprint density at radius 2 is 1.58 bits per heavy atom. The van der Waals surface area contributed by atoms with E-state index in [1.165, 1.54) is 13.8 Å². The average molecular weight is 175 g/mol. The Labute approximate surface area is 70.2 Å². The summed E-state index contributed by atoms with van der Waals surface area (Å²) < 4.78 is 0. The topological polar surface area (TPSA) is 101 Å². The Hall–Kier alpha value is -1.10. The summed E-state index contributed by atoms with van der Waals surface area (Å²) in [5.41, 5.74) is 5.24. The molecule has 5 heteroatoms. The third-order valence-electron chi connectivity index (χ3n) is 2.03. The molecule has 0 aromatic rings. The second-order valence-corrected chi connectivity index (χ2v) is 2.85. The molecule has 0 aromatic heterocycles. The molecule has 12 heavy (non-hydrogen) atoms. The Bertz CT molecular complexity index is 172. The average Bonchev–Trinajstić information content (AvgIpc) is 2.00. The van der Waals surface area contributed by atoms with E-state index in [0.717, 1.165) is 0 Å². The lowest BCUT2D eigenvalue weighted by Gasteiger charge is -2.19. The van der Waals surface area contributed by atoms with Gasteiger partial charge < -0.3 is 15.9 Å². The van der Waals surface area contributed by atoms with Crippen LogP contribution in [0.4, 0.5) is 0 Å². The molecule has 0 heterocycles. The van der Waals surface area contributed by atoms with Gasteiger partial charge in [0.1, 0.15) is 6.04 Å². The van der Waals surface area contributed by atoms with Gasteiger partial charge in [0.25, 0.3) is 0 Å². The molecule has 0 rings (SSSR count). The van der Waals surface area contributed by atoms with Gasteiger partial charge in [0.2, 0.25) is 0 Å². The SMILES string of the molecule is C[C@H]([C@H](C)C(=O)O)[C@H](N)C(=O)O. The molecule has 0 spiro atoms. The van der Waals surface area contributed by atoms with Crippen LogP contribution in [0.5, 0.6) is 0 Å². The Morgan fingerprint density at radius 3 is 1.83 bits per heavy atom. The third kappa shape index (κ3) is 2.50. The van der Waals surface area contributed by atoms with E-state index in [1.54, 1.807) is 0 Å². The van der Waals surface area contributed by atoms with Gasteiger partial charge in [0.05, 0.1) is 5.92 Å². The summed E-state index contributed by atoms with van der Waals surface area (Å²) in [5, 5.41) is 17.0. The van der Waals surface area contributed by atoms with Crippen molar-refractivity contribution in [2.75, 3.05) is 0 Å². The van der Waals surface area contributed by atoms with Crippen molar-refractivity contribution in [2.45, 2.75) is 19.9 Å². The maximum atomic E-state index is 10.4. The van der Waals surface area contributed by atoms with Gasteiger partial charge in [-0.1, -0.05) is 13.8 Å². The van der Waals surface area contributed by atoms with Crippen molar-refractivity contribution in [1.82, 2.24) is 0 Å². The fourth-order valence-corrected chi connectivity index (χ4v) is 0.761.